The van der Waals surface area contributed by atoms with Crippen molar-refractivity contribution < 1.29 is 61.3 Å². The Morgan fingerprint density at radius 1 is 0.853 bits per heavy atom. The van der Waals surface area contributed by atoms with Crippen LogP contribution in [0, 0.1) is 0 Å². The van der Waals surface area contributed by atoms with Gasteiger partial charge in [-0.05, 0) is 0 Å². The number of rotatable bonds is 2. The van der Waals surface area contributed by atoms with Crippen molar-refractivity contribution in [2.75, 3.05) is 0 Å². The predicted octanol–water partition coefficient (Wildman–Crippen LogP) is -14.1. The lowest BCUT2D eigenvalue weighted by Crippen LogP contribution is -3.00. The first kappa shape index (κ1) is 37.2. The Hall–Kier alpha value is -4.08. The number of carbonyl (C=O) groups is 2. The molecule has 0 saturated carbocycles. The molecule has 4 heterocycles. The van der Waals surface area contributed by atoms with Crippen LogP contribution in [0.3, 0.4) is 0 Å². The second-order valence-corrected chi connectivity index (χ2v) is 5.35. The summed E-state index contributed by atoms with van der Waals surface area (Å²) in [4.78, 5) is 50.7. The highest BCUT2D eigenvalue weighted by molar-refractivity contribution is 5.96. The molecule has 14 N–H and O–H groups in total. The summed E-state index contributed by atoms with van der Waals surface area (Å²) in [6, 6.07) is 0. The van der Waals surface area contributed by atoms with Crippen LogP contribution in [-0.4, -0.2) is 72.0 Å². The molecule has 22 heteroatoms. The summed E-state index contributed by atoms with van der Waals surface area (Å²) < 4.78 is 4.34. The topological polar surface area (TPSA) is 345 Å². The minimum atomic E-state index is -0.741. The fraction of sp³-hybridized carbons (Fsp3) is 0.167. The first-order valence-electron chi connectivity index (χ1n) is 7.41. The van der Waals surface area contributed by atoms with E-state index in [1.54, 1.807) is 0 Å². The van der Waals surface area contributed by atoms with Gasteiger partial charge in [-0.15, -0.1) is 9.50 Å². The van der Waals surface area contributed by atoms with E-state index in [-0.39, 0.29) is 69.4 Å². The molecule has 192 valence electrons. The highest BCUT2D eigenvalue weighted by Crippen LogP contribution is 2.00. The van der Waals surface area contributed by atoms with Crippen molar-refractivity contribution in [1.82, 2.24) is 43.8 Å². The third-order valence-corrected chi connectivity index (χ3v) is 3.52. The molecular weight excluding hydrogens is 511 g/mol. The number of aromatic nitrogens is 10. The standard InChI is InChI=1S/2C6H6N6O2.2ClH.4H2O/c2*1-11-6(14)12-2-8-3(4(7)13)5(12)9-10-11;;;;;;/h2*2H,1H3,(H2,7,13);2*1H;4*1H2. The molecule has 20 nitrogen and oxygen atoms in total. The molecule has 0 aromatic carbocycles. The number of hydrogen-bond donors (Lipinski definition) is 2. The Bertz CT molecular complexity index is 1260. The van der Waals surface area contributed by atoms with E-state index in [9.17, 15) is 19.2 Å². The van der Waals surface area contributed by atoms with Crippen molar-refractivity contribution in [2.45, 2.75) is 0 Å². The molecule has 2 amide bonds. The largest absolute Gasteiger partial charge is 1.00 e. The van der Waals surface area contributed by atoms with Crippen LogP contribution in [0.25, 0.3) is 11.3 Å². The molecule has 4 aromatic heterocycles. The zero-order valence-electron chi connectivity index (χ0n) is 17.3. The Balaban J connectivity index is -0.000000225. The number of carbonyl (C=O) groups excluding carboxylic acids is 2. The Kier molecular flexibility index (Phi) is 15.5. The van der Waals surface area contributed by atoms with Gasteiger partial charge in [0.05, 0.1) is 0 Å². The molecule has 0 aliphatic rings. The van der Waals surface area contributed by atoms with Gasteiger partial charge in [0.1, 0.15) is 6.33 Å². The van der Waals surface area contributed by atoms with Gasteiger partial charge in [0.15, 0.2) is 11.3 Å². The van der Waals surface area contributed by atoms with Crippen LogP contribution in [-0.2, 0) is 19.6 Å². The molecule has 4 rings (SSSR count). The smallest absolute Gasteiger partial charge is 0.439 e. The van der Waals surface area contributed by atoms with Crippen LogP contribution in [0.1, 0.15) is 21.0 Å². The molecule has 34 heavy (non-hydrogen) atoms. The van der Waals surface area contributed by atoms with E-state index in [1.165, 1.54) is 26.7 Å². The summed E-state index contributed by atoms with van der Waals surface area (Å²) in [5.41, 5.74) is 9.43. The molecule has 0 aliphatic heterocycles. The number of nitrogens with one attached hydrogen (secondary N) is 1. The van der Waals surface area contributed by atoms with Crippen molar-refractivity contribution in [1.29, 1.82) is 0 Å². The molecular formula is C12H22Cl2N12O8. The number of amides is 2. The van der Waals surface area contributed by atoms with Gasteiger partial charge in [0.25, 0.3) is 23.8 Å². The third-order valence-electron chi connectivity index (χ3n) is 3.52. The monoisotopic (exact) mass is 532 g/mol. The van der Waals surface area contributed by atoms with Gasteiger partial charge in [0, 0.05) is 14.1 Å². The second-order valence-electron chi connectivity index (χ2n) is 5.35. The van der Waals surface area contributed by atoms with Crippen molar-refractivity contribution in [2.24, 2.45) is 25.6 Å². The lowest BCUT2D eigenvalue weighted by Gasteiger charge is -1.95. The number of nitrogens with zero attached hydrogens (tertiary/aromatic N) is 9. The number of nitrogens with two attached hydrogens (primary N) is 2. The SMILES string of the molecule is Cn1nnc2c(C(N)=O)[nH+]cn2c1=O.Cn1nnc2c(C(N)=O)ncn2c1=O.O.O.O.[Cl-].[Cl-].[OH3+]. The number of aryl methyl sites for hydroxylation is 2. The van der Waals surface area contributed by atoms with Gasteiger partial charge < -0.3 is 58.2 Å². The zero-order chi connectivity index (χ0) is 20.6. The minimum Gasteiger partial charge on any atom is -1.00 e. The second kappa shape index (κ2) is 14.1. The van der Waals surface area contributed by atoms with Crippen LogP contribution in [0.5, 0.6) is 0 Å². The molecule has 0 atom stereocenters. The zero-order valence-corrected chi connectivity index (χ0v) is 18.8. The Morgan fingerprint density at radius 3 is 1.79 bits per heavy atom. The number of imidazole rings is 2. The van der Waals surface area contributed by atoms with Gasteiger partial charge in [-0.2, -0.15) is 9.36 Å². The van der Waals surface area contributed by atoms with Crippen molar-refractivity contribution in [3.63, 3.8) is 0 Å². The van der Waals surface area contributed by atoms with Gasteiger partial charge in [-0.1, -0.05) is 15.5 Å². The maximum Gasteiger partial charge on any atom is 0.439 e. The van der Waals surface area contributed by atoms with E-state index < -0.39 is 23.2 Å². The third kappa shape index (κ3) is 6.47. The van der Waals surface area contributed by atoms with Crippen LogP contribution in [0.4, 0.5) is 0 Å². The average Bonchev–Trinajstić information content (AvgIpc) is 3.26. The number of fused-ring (bicyclic) bond motifs is 2. The fourth-order valence-corrected chi connectivity index (χ4v) is 2.16. The lowest BCUT2D eigenvalue weighted by molar-refractivity contribution is -0.379. The van der Waals surface area contributed by atoms with Crippen LogP contribution >= 0.6 is 0 Å². The Labute approximate surface area is 199 Å². The molecule has 4 aromatic rings. The van der Waals surface area contributed by atoms with Gasteiger partial charge in [0.2, 0.25) is 0 Å². The predicted molar refractivity (Wildman–Crippen MR) is 104 cm³/mol. The van der Waals surface area contributed by atoms with E-state index in [0.29, 0.717) is 0 Å². The van der Waals surface area contributed by atoms with E-state index >= 15 is 0 Å². The number of hydrogen-bond acceptors (Lipinski definition) is 9. The molecule has 0 saturated heterocycles. The first-order valence-corrected chi connectivity index (χ1v) is 7.41. The fourth-order valence-electron chi connectivity index (χ4n) is 2.16. The first-order chi connectivity index (χ1) is 13.2. The number of halogens is 2. The normalized spacial score (nSPS) is 8.76. The molecule has 0 radical (unpaired) electrons. The van der Waals surface area contributed by atoms with Crippen LogP contribution in [0.2, 0.25) is 0 Å². The molecule has 0 aliphatic carbocycles. The van der Waals surface area contributed by atoms with E-state index in [0.717, 1.165) is 18.2 Å². The Morgan fingerprint density at radius 2 is 1.32 bits per heavy atom. The number of H-pyrrole nitrogens is 1. The molecule has 0 unspecified atom stereocenters. The number of aromatic amines is 1. The van der Waals surface area contributed by atoms with E-state index in [4.69, 9.17) is 11.5 Å². The summed E-state index contributed by atoms with van der Waals surface area (Å²) in [6.07, 6.45) is 2.50. The summed E-state index contributed by atoms with van der Waals surface area (Å²) in [5.74, 6) is -1.43. The highest BCUT2D eigenvalue weighted by Gasteiger charge is 2.20. The van der Waals surface area contributed by atoms with E-state index in [1.807, 2.05) is 0 Å². The van der Waals surface area contributed by atoms with Crippen LogP contribution in [0.15, 0.2) is 22.2 Å². The summed E-state index contributed by atoms with van der Waals surface area (Å²) in [6.45, 7) is 0. The lowest BCUT2D eigenvalue weighted by atomic mass is 10.4. The number of primary amides is 2. The van der Waals surface area contributed by atoms with Crippen LogP contribution < -0.4 is 52.6 Å². The van der Waals surface area contributed by atoms with Crippen molar-refractivity contribution in [3.05, 3.63) is 45.0 Å². The van der Waals surface area contributed by atoms with Gasteiger partial charge in [-0.25, -0.2) is 24.0 Å². The van der Waals surface area contributed by atoms with Crippen molar-refractivity contribution in [3.8, 4) is 0 Å². The molecule has 0 fully saturated rings. The maximum atomic E-state index is 11.4. The molecule has 0 spiro atoms. The minimum absolute atomic E-state index is 0. The van der Waals surface area contributed by atoms with E-state index in [2.05, 4.69) is 30.6 Å². The quantitative estimate of drug-likeness (QED) is 0.231. The maximum absolute atomic E-state index is 11.4. The summed E-state index contributed by atoms with van der Waals surface area (Å²) in [5, 5.41) is 14.3. The summed E-state index contributed by atoms with van der Waals surface area (Å²) >= 11 is 0. The highest BCUT2D eigenvalue weighted by atomic mass is 35.5. The molecule has 0 bridgehead atoms. The van der Waals surface area contributed by atoms with Gasteiger partial charge >= 0.3 is 17.0 Å². The average molecular weight is 533 g/mol. The van der Waals surface area contributed by atoms with Crippen molar-refractivity contribution >= 4 is 23.1 Å². The van der Waals surface area contributed by atoms with Gasteiger partial charge in [-0.3, -0.25) is 9.59 Å². The summed E-state index contributed by atoms with van der Waals surface area (Å²) in [7, 11) is 2.90.